The number of hydrogen-bond donors (Lipinski definition) is 0. The van der Waals surface area contributed by atoms with Gasteiger partial charge in [0, 0.05) is 38.8 Å². The molecule has 0 bridgehead atoms. The summed E-state index contributed by atoms with van der Waals surface area (Å²) in [5.41, 5.74) is 0.804. The van der Waals surface area contributed by atoms with Crippen LogP contribution in [0.5, 0.6) is 0 Å². The molecule has 0 spiro atoms. The summed E-state index contributed by atoms with van der Waals surface area (Å²) in [7, 11) is -2.19. The molecule has 0 radical (unpaired) electrons. The number of imide groups is 1. The highest BCUT2D eigenvalue weighted by atomic mass is 79.9. The minimum Gasteiger partial charge on any atom is -0.336 e. The van der Waals surface area contributed by atoms with Gasteiger partial charge < -0.3 is 4.90 Å². The average Bonchev–Trinajstić information content (AvgIpc) is 3.26. The van der Waals surface area contributed by atoms with Gasteiger partial charge in [-0.1, -0.05) is 0 Å². The highest BCUT2D eigenvalue weighted by Gasteiger charge is 2.35. The highest BCUT2D eigenvalue weighted by molar-refractivity contribution is 9.11. The van der Waals surface area contributed by atoms with Gasteiger partial charge in [0.2, 0.25) is 0 Å². The van der Waals surface area contributed by atoms with Crippen molar-refractivity contribution in [3.05, 3.63) is 50.8 Å². The van der Waals surface area contributed by atoms with E-state index in [-0.39, 0.29) is 53.3 Å². The molecule has 1 saturated heterocycles. The van der Waals surface area contributed by atoms with Gasteiger partial charge in [0.25, 0.3) is 27.7 Å². The number of sulfonamides is 1. The lowest BCUT2D eigenvalue weighted by atomic mass is 10.0. The van der Waals surface area contributed by atoms with Crippen LogP contribution in [0.25, 0.3) is 0 Å². The second-order valence-corrected chi connectivity index (χ2v) is 11.3. The van der Waals surface area contributed by atoms with E-state index in [9.17, 15) is 22.8 Å². The maximum Gasteiger partial charge on any atom is 0.261 e. The molecule has 4 rings (SSSR count). The zero-order chi connectivity index (χ0) is 20.9. The van der Waals surface area contributed by atoms with Crippen LogP contribution in [0.1, 0.15) is 31.1 Å². The molecular formula is C18H16BrN3O5S2. The Bertz CT molecular complexity index is 1140. The van der Waals surface area contributed by atoms with Crippen LogP contribution in [0.15, 0.2) is 38.3 Å². The molecule has 0 atom stereocenters. The lowest BCUT2D eigenvalue weighted by molar-refractivity contribution is 0.0688. The highest BCUT2D eigenvalue weighted by Crippen LogP contribution is 2.29. The molecule has 11 heteroatoms. The third-order valence-electron chi connectivity index (χ3n) is 5.01. The van der Waals surface area contributed by atoms with E-state index in [1.165, 1.54) is 29.6 Å². The number of rotatable bonds is 3. The zero-order valence-corrected chi connectivity index (χ0v) is 18.5. The van der Waals surface area contributed by atoms with E-state index in [0.29, 0.717) is 5.56 Å². The summed E-state index contributed by atoms with van der Waals surface area (Å²) < 4.78 is 27.8. The van der Waals surface area contributed by atoms with Crippen molar-refractivity contribution >= 4 is 55.0 Å². The standard InChI is InChI=1S/C18H16BrN3O5S2/c1-20-17(24)12-3-2-11(10-13(12)18(20)25)16(23)21-6-8-22(9-7-21)29(26,27)15-5-4-14(19)28-15/h2-5,10H,6-9H2,1H3. The van der Waals surface area contributed by atoms with Gasteiger partial charge in [0.1, 0.15) is 4.21 Å². The van der Waals surface area contributed by atoms with E-state index in [1.807, 2.05) is 0 Å². The van der Waals surface area contributed by atoms with Crippen molar-refractivity contribution in [3.8, 4) is 0 Å². The SMILES string of the molecule is CN1C(=O)c2ccc(C(=O)N3CCN(S(=O)(=O)c4ccc(Br)s4)CC3)cc2C1=O. The Morgan fingerprint density at radius 1 is 1.00 bits per heavy atom. The number of fused-ring (bicyclic) bond motifs is 1. The normalized spacial score (nSPS) is 17.7. The monoisotopic (exact) mass is 497 g/mol. The van der Waals surface area contributed by atoms with Crippen LogP contribution in [0.3, 0.4) is 0 Å². The van der Waals surface area contributed by atoms with Crippen molar-refractivity contribution in [2.45, 2.75) is 4.21 Å². The van der Waals surface area contributed by atoms with E-state index in [2.05, 4.69) is 15.9 Å². The Kier molecular flexibility index (Phi) is 5.09. The molecule has 3 heterocycles. The molecule has 0 N–H and O–H groups in total. The van der Waals surface area contributed by atoms with Crippen molar-refractivity contribution in [1.29, 1.82) is 0 Å². The van der Waals surface area contributed by atoms with Crippen LogP contribution in [0.4, 0.5) is 0 Å². The first-order chi connectivity index (χ1) is 13.7. The van der Waals surface area contributed by atoms with E-state index < -0.39 is 15.9 Å². The maximum absolute atomic E-state index is 12.8. The van der Waals surface area contributed by atoms with Gasteiger partial charge in [-0.3, -0.25) is 19.3 Å². The van der Waals surface area contributed by atoms with Crippen LogP contribution in [-0.2, 0) is 10.0 Å². The van der Waals surface area contributed by atoms with Gasteiger partial charge >= 0.3 is 0 Å². The van der Waals surface area contributed by atoms with Crippen molar-refractivity contribution < 1.29 is 22.8 Å². The molecule has 2 aromatic rings. The number of benzene rings is 1. The molecule has 2 aliphatic rings. The number of thiophene rings is 1. The van der Waals surface area contributed by atoms with E-state index in [4.69, 9.17) is 0 Å². The lowest BCUT2D eigenvalue weighted by Crippen LogP contribution is -2.50. The third kappa shape index (κ3) is 3.41. The minimum absolute atomic E-state index is 0.189. The Balaban J connectivity index is 1.48. The number of carbonyl (C=O) groups excluding carboxylic acids is 3. The second-order valence-electron chi connectivity index (χ2n) is 6.68. The van der Waals surface area contributed by atoms with E-state index >= 15 is 0 Å². The second kappa shape index (κ2) is 7.31. The fourth-order valence-corrected chi connectivity index (χ4v) is 6.96. The lowest BCUT2D eigenvalue weighted by Gasteiger charge is -2.33. The molecule has 152 valence electrons. The average molecular weight is 498 g/mol. The van der Waals surface area contributed by atoms with Gasteiger partial charge in [0.15, 0.2) is 0 Å². The Hall–Kier alpha value is -2.08. The van der Waals surface area contributed by atoms with Crippen LogP contribution < -0.4 is 0 Å². The summed E-state index contributed by atoms with van der Waals surface area (Å²) in [6.07, 6.45) is 0. The molecule has 0 unspecified atom stereocenters. The van der Waals surface area contributed by atoms with Crippen LogP contribution in [-0.4, -0.2) is 73.5 Å². The summed E-state index contributed by atoms with van der Waals surface area (Å²) >= 11 is 4.42. The maximum atomic E-state index is 12.8. The molecule has 29 heavy (non-hydrogen) atoms. The molecular weight excluding hydrogens is 482 g/mol. The number of carbonyl (C=O) groups is 3. The molecule has 8 nitrogen and oxygen atoms in total. The quantitative estimate of drug-likeness (QED) is 0.603. The Morgan fingerprint density at radius 3 is 2.28 bits per heavy atom. The fraction of sp³-hybridized carbons (Fsp3) is 0.278. The first kappa shape index (κ1) is 20.2. The van der Waals surface area contributed by atoms with Crippen LogP contribution in [0, 0.1) is 0 Å². The summed E-state index contributed by atoms with van der Waals surface area (Å²) in [5, 5.41) is 0. The zero-order valence-electron chi connectivity index (χ0n) is 15.3. The summed E-state index contributed by atoms with van der Waals surface area (Å²) in [4.78, 5) is 39.6. The van der Waals surface area contributed by atoms with E-state index in [1.54, 1.807) is 17.0 Å². The predicted octanol–water partition coefficient (Wildman–Crippen LogP) is 1.88. The number of piperazine rings is 1. The smallest absolute Gasteiger partial charge is 0.261 e. The Morgan fingerprint density at radius 2 is 1.66 bits per heavy atom. The molecule has 1 aromatic carbocycles. The Labute approximate surface area is 179 Å². The summed E-state index contributed by atoms with van der Waals surface area (Å²) in [6.45, 7) is 0.867. The van der Waals surface area contributed by atoms with Crippen LogP contribution >= 0.6 is 27.3 Å². The van der Waals surface area contributed by atoms with Gasteiger partial charge in [0.05, 0.1) is 14.9 Å². The first-order valence-electron chi connectivity index (χ1n) is 8.71. The van der Waals surface area contributed by atoms with Gasteiger partial charge in [-0.15, -0.1) is 11.3 Å². The molecule has 1 fully saturated rings. The fourth-order valence-electron chi connectivity index (χ4n) is 3.37. The summed E-state index contributed by atoms with van der Waals surface area (Å²) in [5.74, 6) is -1.11. The molecule has 2 aliphatic heterocycles. The van der Waals surface area contributed by atoms with Crippen LogP contribution in [0.2, 0.25) is 0 Å². The predicted molar refractivity (Wildman–Crippen MR) is 110 cm³/mol. The largest absolute Gasteiger partial charge is 0.336 e. The number of hydrogen-bond acceptors (Lipinski definition) is 6. The molecule has 3 amide bonds. The summed E-state index contributed by atoms with van der Waals surface area (Å²) in [6, 6.07) is 7.70. The molecule has 1 aromatic heterocycles. The number of amides is 3. The van der Waals surface area contributed by atoms with Gasteiger partial charge in [-0.05, 0) is 46.3 Å². The molecule has 0 saturated carbocycles. The van der Waals surface area contributed by atoms with Gasteiger partial charge in [-0.2, -0.15) is 4.31 Å². The first-order valence-corrected chi connectivity index (χ1v) is 11.8. The van der Waals surface area contributed by atoms with Crippen molar-refractivity contribution in [2.24, 2.45) is 0 Å². The molecule has 0 aliphatic carbocycles. The van der Waals surface area contributed by atoms with Crippen molar-refractivity contribution in [3.63, 3.8) is 0 Å². The number of halogens is 1. The van der Waals surface area contributed by atoms with E-state index in [0.717, 1.165) is 20.0 Å². The topological polar surface area (TPSA) is 95.1 Å². The third-order valence-corrected chi connectivity index (χ3v) is 8.99. The van der Waals surface area contributed by atoms with Gasteiger partial charge in [-0.25, -0.2) is 8.42 Å². The number of nitrogens with zero attached hydrogens (tertiary/aromatic N) is 3. The van der Waals surface area contributed by atoms with Crippen molar-refractivity contribution in [2.75, 3.05) is 33.2 Å². The minimum atomic E-state index is -3.59. The van der Waals surface area contributed by atoms with Crippen molar-refractivity contribution in [1.82, 2.24) is 14.1 Å².